The Balaban J connectivity index is 1.80. The number of hydrogen-bond acceptors (Lipinski definition) is 2. The van der Waals surface area contributed by atoms with E-state index in [1.807, 2.05) is 24.3 Å². The van der Waals surface area contributed by atoms with Gasteiger partial charge in [0.15, 0.2) is 0 Å². The van der Waals surface area contributed by atoms with Crippen LogP contribution in [-0.4, -0.2) is 9.55 Å². The van der Waals surface area contributed by atoms with Gasteiger partial charge in [0.2, 0.25) is 5.43 Å². The van der Waals surface area contributed by atoms with E-state index in [0.29, 0.717) is 16.5 Å². The number of nitrogens with zero attached hydrogens (tertiary/aromatic N) is 2. The fourth-order valence-corrected chi connectivity index (χ4v) is 5.60. The normalized spacial score (nSPS) is 15.4. The van der Waals surface area contributed by atoms with Crippen LogP contribution in [0.25, 0.3) is 43.6 Å². The van der Waals surface area contributed by atoms with Crippen LogP contribution in [0.5, 0.6) is 0 Å². The largest absolute Gasteiger partial charge is 0.335 e. The van der Waals surface area contributed by atoms with Gasteiger partial charge in [0.25, 0.3) is 0 Å². The Morgan fingerprint density at radius 3 is 2.39 bits per heavy atom. The Kier molecular flexibility index (Phi) is 4.29. The molecule has 31 heavy (non-hydrogen) atoms. The Bertz CT molecular complexity index is 1560. The molecule has 0 unspecified atom stereocenters. The monoisotopic (exact) mass is 426 g/mol. The van der Waals surface area contributed by atoms with Crippen molar-refractivity contribution in [2.24, 2.45) is 0 Å². The van der Waals surface area contributed by atoms with Gasteiger partial charge >= 0.3 is 0 Å². The number of fused-ring (bicyclic) bond motifs is 5. The third kappa shape index (κ3) is 2.87. The van der Waals surface area contributed by atoms with Crippen molar-refractivity contribution in [1.29, 1.82) is 0 Å². The van der Waals surface area contributed by atoms with Gasteiger partial charge < -0.3 is 4.57 Å². The Labute approximate surface area is 185 Å². The van der Waals surface area contributed by atoms with Gasteiger partial charge in [0.1, 0.15) is 0 Å². The van der Waals surface area contributed by atoms with E-state index in [1.54, 1.807) is 0 Å². The zero-order valence-corrected chi connectivity index (χ0v) is 18.2. The highest BCUT2D eigenvalue weighted by molar-refractivity contribution is 6.38. The quantitative estimate of drug-likeness (QED) is 0.208. The zero-order chi connectivity index (χ0) is 21.1. The van der Waals surface area contributed by atoms with Crippen molar-refractivity contribution >= 4 is 55.2 Å². The number of halogens is 1. The maximum atomic E-state index is 13.0. The molecule has 4 aromatic carbocycles. The number of aryl methyl sites for hydroxylation is 1. The van der Waals surface area contributed by atoms with E-state index in [1.165, 1.54) is 37.7 Å². The molecule has 1 aliphatic rings. The van der Waals surface area contributed by atoms with Crippen molar-refractivity contribution in [3.63, 3.8) is 0 Å². The van der Waals surface area contributed by atoms with E-state index in [-0.39, 0.29) is 5.43 Å². The van der Waals surface area contributed by atoms with Crippen LogP contribution in [0.15, 0.2) is 59.4 Å². The fourth-order valence-electron chi connectivity index (χ4n) is 5.34. The summed E-state index contributed by atoms with van der Waals surface area (Å²) in [5.41, 5.74) is 5.30. The summed E-state index contributed by atoms with van der Waals surface area (Å²) in [7, 11) is 0. The van der Waals surface area contributed by atoms with Gasteiger partial charge in [0.05, 0.1) is 27.1 Å². The molecule has 0 bridgehead atoms. The maximum Gasteiger partial charge on any atom is 0.205 e. The standard InChI is InChI=1S/C27H23ClN2O/c1-16-11-12-24-22(13-16)29-23-14-20-18-9-5-6-10-19(18)27(31)26(28)21(20)15-25(23)30(24)17-7-3-2-4-8-17/h5-6,9-15,17H,2-4,7-8H2,1H3. The van der Waals surface area contributed by atoms with E-state index in [0.717, 1.165) is 38.2 Å². The fraction of sp³-hybridized carbons (Fsp3) is 0.259. The molecule has 0 atom stereocenters. The lowest BCUT2D eigenvalue weighted by atomic mass is 9.94. The highest BCUT2D eigenvalue weighted by Gasteiger charge is 2.21. The van der Waals surface area contributed by atoms with E-state index in [2.05, 4.69) is 41.8 Å². The molecule has 154 valence electrons. The van der Waals surface area contributed by atoms with Crippen LogP contribution in [0.4, 0.5) is 0 Å². The highest BCUT2D eigenvalue weighted by Crippen LogP contribution is 2.37. The molecule has 1 saturated carbocycles. The van der Waals surface area contributed by atoms with Crippen molar-refractivity contribution in [2.45, 2.75) is 45.1 Å². The van der Waals surface area contributed by atoms with Gasteiger partial charge in [-0.2, -0.15) is 0 Å². The van der Waals surface area contributed by atoms with Gasteiger partial charge in [0, 0.05) is 16.8 Å². The minimum atomic E-state index is -0.0993. The topological polar surface area (TPSA) is 34.9 Å². The van der Waals surface area contributed by atoms with E-state index < -0.39 is 0 Å². The van der Waals surface area contributed by atoms with Crippen LogP contribution in [0.3, 0.4) is 0 Å². The zero-order valence-electron chi connectivity index (χ0n) is 17.5. The molecule has 1 aliphatic carbocycles. The average molecular weight is 427 g/mol. The molecular weight excluding hydrogens is 404 g/mol. The molecule has 0 spiro atoms. The second-order valence-electron chi connectivity index (χ2n) is 8.84. The third-order valence-corrected chi connectivity index (χ3v) is 7.22. The predicted molar refractivity (Wildman–Crippen MR) is 130 cm³/mol. The van der Waals surface area contributed by atoms with E-state index in [9.17, 15) is 4.79 Å². The summed E-state index contributed by atoms with van der Waals surface area (Å²) in [6, 6.07) is 18.9. The first-order valence-corrected chi connectivity index (χ1v) is 11.5. The highest BCUT2D eigenvalue weighted by atomic mass is 35.5. The van der Waals surface area contributed by atoms with E-state index >= 15 is 0 Å². The molecule has 0 saturated heterocycles. The average Bonchev–Trinajstić information content (AvgIpc) is 2.80. The van der Waals surface area contributed by atoms with Gasteiger partial charge in [-0.15, -0.1) is 0 Å². The summed E-state index contributed by atoms with van der Waals surface area (Å²) in [6.07, 6.45) is 6.14. The molecule has 0 aliphatic heterocycles. The first kappa shape index (κ1) is 18.8. The molecule has 1 fully saturated rings. The second-order valence-corrected chi connectivity index (χ2v) is 9.22. The molecule has 1 heterocycles. The van der Waals surface area contributed by atoms with E-state index in [4.69, 9.17) is 16.6 Å². The molecule has 0 N–H and O–H groups in total. The molecule has 4 heteroatoms. The number of aromatic nitrogens is 2. The van der Waals surface area contributed by atoms with Crippen LogP contribution >= 0.6 is 11.6 Å². The summed E-state index contributed by atoms with van der Waals surface area (Å²) in [4.78, 5) is 18.0. The summed E-state index contributed by atoms with van der Waals surface area (Å²) in [6.45, 7) is 2.11. The molecule has 1 aromatic heterocycles. The Morgan fingerprint density at radius 1 is 0.839 bits per heavy atom. The van der Waals surface area contributed by atoms with Crippen LogP contribution < -0.4 is 5.43 Å². The lowest BCUT2D eigenvalue weighted by Crippen LogP contribution is -2.15. The smallest absolute Gasteiger partial charge is 0.205 e. The third-order valence-electron chi connectivity index (χ3n) is 6.84. The minimum Gasteiger partial charge on any atom is -0.335 e. The number of benzene rings is 4. The first-order valence-electron chi connectivity index (χ1n) is 11.1. The Morgan fingerprint density at radius 2 is 1.58 bits per heavy atom. The molecule has 3 nitrogen and oxygen atoms in total. The lowest BCUT2D eigenvalue weighted by molar-refractivity contribution is 0.366. The van der Waals surface area contributed by atoms with Crippen LogP contribution in [0.1, 0.15) is 43.7 Å². The minimum absolute atomic E-state index is 0.0993. The van der Waals surface area contributed by atoms with Crippen molar-refractivity contribution in [2.75, 3.05) is 0 Å². The molecule has 6 rings (SSSR count). The Hall–Kier alpha value is -2.91. The first-order chi connectivity index (χ1) is 15.1. The molecule has 0 radical (unpaired) electrons. The number of hydrogen-bond donors (Lipinski definition) is 0. The number of rotatable bonds is 1. The van der Waals surface area contributed by atoms with Crippen molar-refractivity contribution < 1.29 is 0 Å². The summed E-state index contributed by atoms with van der Waals surface area (Å²) in [5, 5.41) is 3.70. The SMILES string of the molecule is Cc1ccc2c(c1)nc1cc3c(cc1n2C1CCCCC1)c(Cl)c(=O)c1ccccc13. The van der Waals surface area contributed by atoms with Crippen molar-refractivity contribution in [3.05, 3.63) is 75.4 Å². The van der Waals surface area contributed by atoms with Gasteiger partial charge in [-0.3, -0.25) is 4.79 Å². The molecule has 5 aromatic rings. The van der Waals surface area contributed by atoms with Crippen molar-refractivity contribution in [1.82, 2.24) is 9.55 Å². The second kappa shape index (κ2) is 7.06. The van der Waals surface area contributed by atoms with Crippen LogP contribution in [-0.2, 0) is 0 Å². The van der Waals surface area contributed by atoms with Crippen LogP contribution in [0.2, 0.25) is 5.02 Å². The summed E-state index contributed by atoms with van der Waals surface area (Å²) in [5.74, 6) is 0. The summed E-state index contributed by atoms with van der Waals surface area (Å²) < 4.78 is 2.46. The van der Waals surface area contributed by atoms with Gasteiger partial charge in [-0.1, -0.05) is 61.2 Å². The molecular formula is C27H23ClN2O. The van der Waals surface area contributed by atoms with Gasteiger partial charge in [-0.25, -0.2) is 4.98 Å². The predicted octanol–water partition coefficient (Wildman–Crippen LogP) is 7.32. The molecule has 0 amide bonds. The van der Waals surface area contributed by atoms with Crippen LogP contribution in [0, 0.1) is 6.92 Å². The van der Waals surface area contributed by atoms with Gasteiger partial charge in [-0.05, 0) is 60.4 Å². The lowest BCUT2D eigenvalue weighted by Gasteiger charge is -2.28. The summed E-state index contributed by atoms with van der Waals surface area (Å²) >= 11 is 6.64. The maximum absolute atomic E-state index is 13.0. The van der Waals surface area contributed by atoms with Crippen molar-refractivity contribution in [3.8, 4) is 0 Å².